The number of carbonyl (C=O) groups excluding carboxylic acids is 2. The molecule has 45 heavy (non-hydrogen) atoms. The third-order valence-electron chi connectivity index (χ3n) is 8.46. The van der Waals surface area contributed by atoms with Crippen LogP contribution in [0.2, 0.25) is 0 Å². The van der Waals surface area contributed by atoms with E-state index in [1.807, 2.05) is 0 Å². The Kier molecular flexibility index (Phi) is 11.1. The maximum absolute atomic E-state index is 12.6. The fourth-order valence-corrected chi connectivity index (χ4v) is 4.86. The summed E-state index contributed by atoms with van der Waals surface area (Å²) >= 11 is 0. The van der Waals surface area contributed by atoms with Crippen molar-refractivity contribution in [1.29, 1.82) is 0 Å². The molecule has 0 spiro atoms. The zero-order valence-electron chi connectivity index (χ0n) is 26.1. The molecule has 2 aliphatic heterocycles. The molecule has 9 heteroatoms. The van der Waals surface area contributed by atoms with Crippen molar-refractivity contribution >= 4 is 11.9 Å². The van der Waals surface area contributed by atoms with Gasteiger partial charge in [-0.3, -0.25) is 0 Å². The summed E-state index contributed by atoms with van der Waals surface area (Å²) in [5.74, 6) is 1.05. The second kappa shape index (κ2) is 15.4. The summed E-state index contributed by atoms with van der Waals surface area (Å²) in [6.07, 6.45) is 3.86. The van der Waals surface area contributed by atoms with Crippen molar-refractivity contribution in [1.82, 2.24) is 0 Å². The molecule has 0 N–H and O–H groups in total. The van der Waals surface area contributed by atoms with Gasteiger partial charge >= 0.3 is 11.9 Å². The van der Waals surface area contributed by atoms with Crippen molar-refractivity contribution in [3.63, 3.8) is 0 Å². The lowest BCUT2D eigenvalue weighted by atomic mass is 9.84. The molecule has 2 heterocycles. The molecule has 0 bridgehead atoms. The topological polar surface area (TPSA) is 98.8 Å². The zero-order valence-corrected chi connectivity index (χ0v) is 26.1. The standard InChI is InChI=1S/C36H42O9/c1-3-35(22-40-23-35)21-39-19-5-6-20-42-29-11-7-27(8-12-29)33(37)44-31-15-17-32(18-16-31)45-34(38)28-9-13-30(14-10-28)43-26-36(4-2)24-41-25-36/h7-18H,3-6,19-26H2,1-2H3. The van der Waals surface area contributed by atoms with Gasteiger partial charge in [0.25, 0.3) is 0 Å². The maximum atomic E-state index is 12.6. The largest absolute Gasteiger partial charge is 0.494 e. The third kappa shape index (κ3) is 8.84. The lowest BCUT2D eigenvalue weighted by Crippen LogP contribution is -2.46. The van der Waals surface area contributed by atoms with Crippen LogP contribution >= 0.6 is 0 Å². The third-order valence-corrected chi connectivity index (χ3v) is 8.46. The first kappa shape index (κ1) is 32.5. The van der Waals surface area contributed by atoms with Gasteiger partial charge in [0.05, 0.1) is 62.8 Å². The Bertz CT molecular complexity index is 1360. The summed E-state index contributed by atoms with van der Waals surface area (Å²) in [6.45, 7) is 9.93. The lowest BCUT2D eigenvalue weighted by molar-refractivity contribution is -0.150. The van der Waals surface area contributed by atoms with Crippen LogP contribution in [0.3, 0.4) is 0 Å². The number of rotatable bonds is 17. The maximum Gasteiger partial charge on any atom is 0.343 e. The minimum absolute atomic E-state index is 0.0812. The predicted octanol–water partition coefficient (Wildman–Crippen LogP) is 6.53. The number of ether oxygens (including phenoxy) is 7. The van der Waals surface area contributed by atoms with Crippen LogP contribution in [0.4, 0.5) is 0 Å². The summed E-state index contributed by atoms with van der Waals surface area (Å²) in [4.78, 5) is 25.2. The highest BCUT2D eigenvalue weighted by Gasteiger charge is 2.38. The molecule has 0 saturated carbocycles. The molecule has 9 nitrogen and oxygen atoms in total. The fourth-order valence-electron chi connectivity index (χ4n) is 4.86. The summed E-state index contributed by atoms with van der Waals surface area (Å²) in [5, 5.41) is 0. The highest BCUT2D eigenvalue weighted by Crippen LogP contribution is 2.32. The SMILES string of the molecule is CCC1(COCCCCOc2ccc(C(=O)Oc3ccc(OC(=O)c4ccc(OCC5(CC)COC5)cc4)cc3)cc2)COC1. The van der Waals surface area contributed by atoms with Crippen molar-refractivity contribution in [2.75, 3.05) is 52.9 Å². The monoisotopic (exact) mass is 618 g/mol. The van der Waals surface area contributed by atoms with Gasteiger partial charge in [-0.1, -0.05) is 13.8 Å². The molecule has 0 unspecified atom stereocenters. The first-order chi connectivity index (χ1) is 21.9. The predicted molar refractivity (Wildman–Crippen MR) is 167 cm³/mol. The van der Waals surface area contributed by atoms with E-state index in [2.05, 4.69) is 13.8 Å². The van der Waals surface area contributed by atoms with E-state index in [0.717, 1.165) is 45.5 Å². The molecule has 2 aliphatic rings. The summed E-state index contributed by atoms with van der Waals surface area (Å²) < 4.78 is 39.1. The quantitative estimate of drug-likeness (QED) is 0.0950. The van der Waals surface area contributed by atoms with Crippen molar-refractivity contribution in [2.45, 2.75) is 39.5 Å². The number of hydrogen-bond donors (Lipinski definition) is 0. The second-order valence-corrected chi connectivity index (χ2v) is 11.9. The van der Waals surface area contributed by atoms with Crippen molar-refractivity contribution < 1.29 is 42.7 Å². The van der Waals surface area contributed by atoms with E-state index in [4.69, 9.17) is 33.2 Å². The van der Waals surface area contributed by atoms with Crippen molar-refractivity contribution in [3.05, 3.63) is 83.9 Å². The Morgan fingerprint density at radius 3 is 1.44 bits per heavy atom. The Morgan fingerprint density at radius 2 is 1.00 bits per heavy atom. The Hall–Kier alpha value is -3.92. The van der Waals surface area contributed by atoms with E-state index < -0.39 is 11.9 Å². The van der Waals surface area contributed by atoms with Crippen LogP contribution in [0, 0.1) is 10.8 Å². The van der Waals surface area contributed by atoms with Crippen molar-refractivity contribution in [2.24, 2.45) is 10.8 Å². The number of hydrogen-bond acceptors (Lipinski definition) is 9. The van der Waals surface area contributed by atoms with Gasteiger partial charge in [-0.15, -0.1) is 0 Å². The number of esters is 2. The highest BCUT2D eigenvalue weighted by atomic mass is 16.5. The normalized spacial score (nSPS) is 16.1. The molecular formula is C36H42O9. The summed E-state index contributed by atoms with van der Waals surface area (Å²) in [5.41, 5.74) is 1.09. The minimum Gasteiger partial charge on any atom is -0.494 e. The Balaban J connectivity index is 0.994. The van der Waals surface area contributed by atoms with Gasteiger partial charge in [0.2, 0.25) is 0 Å². The van der Waals surface area contributed by atoms with Gasteiger partial charge in [-0.25, -0.2) is 9.59 Å². The molecule has 0 amide bonds. The van der Waals surface area contributed by atoms with E-state index in [0.29, 0.717) is 67.2 Å². The molecule has 2 saturated heterocycles. The van der Waals surface area contributed by atoms with Gasteiger partial charge in [-0.2, -0.15) is 0 Å². The van der Waals surface area contributed by atoms with Crippen LogP contribution < -0.4 is 18.9 Å². The lowest BCUT2D eigenvalue weighted by Gasteiger charge is -2.40. The van der Waals surface area contributed by atoms with E-state index in [9.17, 15) is 9.59 Å². The zero-order chi connectivity index (χ0) is 31.5. The molecule has 3 aromatic rings. The highest BCUT2D eigenvalue weighted by molar-refractivity contribution is 5.92. The first-order valence-corrected chi connectivity index (χ1v) is 15.6. The van der Waals surface area contributed by atoms with E-state index in [1.54, 1.807) is 72.8 Å². The van der Waals surface area contributed by atoms with Gasteiger partial charge < -0.3 is 33.2 Å². The molecular weight excluding hydrogens is 576 g/mol. The molecule has 3 aromatic carbocycles. The van der Waals surface area contributed by atoms with E-state index in [1.165, 1.54) is 0 Å². The van der Waals surface area contributed by atoms with Crippen LogP contribution in [-0.4, -0.2) is 64.8 Å². The van der Waals surface area contributed by atoms with Crippen LogP contribution in [0.25, 0.3) is 0 Å². The number of benzene rings is 3. The van der Waals surface area contributed by atoms with Crippen molar-refractivity contribution in [3.8, 4) is 23.0 Å². The minimum atomic E-state index is -0.498. The molecule has 5 rings (SSSR count). The van der Waals surface area contributed by atoms with Gasteiger partial charge in [0.15, 0.2) is 0 Å². The number of carbonyl (C=O) groups is 2. The average Bonchev–Trinajstić information content (AvgIpc) is 3.03. The summed E-state index contributed by atoms with van der Waals surface area (Å²) in [6, 6.07) is 20.0. The van der Waals surface area contributed by atoms with E-state index >= 15 is 0 Å². The molecule has 240 valence electrons. The average molecular weight is 619 g/mol. The van der Waals surface area contributed by atoms with Crippen LogP contribution in [0.5, 0.6) is 23.0 Å². The molecule has 0 atom stereocenters. The molecule has 0 aromatic heterocycles. The van der Waals surface area contributed by atoms with E-state index in [-0.39, 0.29) is 10.8 Å². The second-order valence-electron chi connectivity index (χ2n) is 11.9. The van der Waals surface area contributed by atoms with Crippen LogP contribution in [-0.2, 0) is 14.2 Å². The fraction of sp³-hybridized carbons (Fsp3) is 0.444. The first-order valence-electron chi connectivity index (χ1n) is 15.6. The van der Waals surface area contributed by atoms with Crippen LogP contribution in [0.15, 0.2) is 72.8 Å². The molecule has 0 aliphatic carbocycles. The molecule has 2 fully saturated rings. The van der Waals surface area contributed by atoms with Gasteiger partial charge in [-0.05, 0) is 98.5 Å². The van der Waals surface area contributed by atoms with Crippen LogP contribution in [0.1, 0.15) is 60.2 Å². The Labute approximate surface area is 264 Å². The van der Waals surface area contributed by atoms with Gasteiger partial charge in [0.1, 0.15) is 23.0 Å². The Morgan fingerprint density at radius 1 is 0.578 bits per heavy atom. The smallest absolute Gasteiger partial charge is 0.343 e. The number of unbranched alkanes of at least 4 members (excludes halogenated alkanes) is 1. The summed E-state index contributed by atoms with van der Waals surface area (Å²) in [7, 11) is 0. The van der Waals surface area contributed by atoms with Gasteiger partial charge in [0, 0.05) is 12.0 Å². The molecule has 0 radical (unpaired) electrons.